The Balaban J connectivity index is 1.88. The van der Waals surface area contributed by atoms with Crippen molar-refractivity contribution >= 4 is 39.5 Å². The molecule has 1 heterocycles. The molecule has 0 aliphatic rings. The molecule has 0 spiro atoms. The molecule has 134 valence electrons. The number of anilines is 1. The number of aryl methyl sites for hydroxylation is 2. The van der Waals surface area contributed by atoms with E-state index in [1.165, 1.54) is 44.2 Å². The van der Waals surface area contributed by atoms with Gasteiger partial charge in [0.25, 0.3) is 0 Å². The molecular formula is C25H25N2+. The molecule has 0 bridgehead atoms. The molecule has 2 heteroatoms. The van der Waals surface area contributed by atoms with Crippen LogP contribution in [0.1, 0.15) is 16.8 Å². The number of hydrogen-bond acceptors (Lipinski definition) is 1. The molecule has 0 saturated heterocycles. The molecule has 0 radical (unpaired) electrons. The Morgan fingerprint density at radius 1 is 0.778 bits per heavy atom. The van der Waals surface area contributed by atoms with E-state index in [0.717, 1.165) is 0 Å². The zero-order valence-electron chi connectivity index (χ0n) is 16.4. The zero-order valence-corrected chi connectivity index (χ0v) is 16.4. The molecule has 27 heavy (non-hydrogen) atoms. The predicted molar refractivity (Wildman–Crippen MR) is 117 cm³/mol. The van der Waals surface area contributed by atoms with Gasteiger partial charge in [-0.3, -0.25) is 0 Å². The lowest BCUT2D eigenvalue weighted by Gasteiger charge is -2.11. The molecule has 0 atom stereocenters. The predicted octanol–water partition coefficient (Wildman–Crippen LogP) is 5.36. The smallest absolute Gasteiger partial charge is 0.213 e. The first-order valence-electron chi connectivity index (χ1n) is 9.31. The van der Waals surface area contributed by atoms with Crippen LogP contribution in [-0.2, 0) is 7.05 Å². The fourth-order valence-electron chi connectivity index (χ4n) is 3.66. The van der Waals surface area contributed by atoms with Gasteiger partial charge in [0.15, 0.2) is 0 Å². The largest absolute Gasteiger partial charge is 0.378 e. The Morgan fingerprint density at radius 2 is 1.48 bits per heavy atom. The minimum atomic E-state index is 1.20. The maximum atomic E-state index is 2.30. The molecule has 2 nitrogen and oxygen atoms in total. The molecule has 0 aliphatic carbocycles. The SMILES string of the molecule is Cc1ccc2c3ccccc3c(/C=C/c3ccc(N(C)C)cc3)[n+](C)c2c1. The van der Waals surface area contributed by atoms with Crippen LogP contribution in [0, 0.1) is 6.92 Å². The van der Waals surface area contributed by atoms with Crippen LogP contribution in [0.25, 0.3) is 33.8 Å². The summed E-state index contributed by atoms with van der Waals surface area (Å²) in [5.41, 5.74) is 6.18. The number of nitrogens with zero attached hydrogens (tertiary/aromatic N) is 2. The van der Waals surface area contributed by atoms with Crippen molar-refractivity contribution in [3.05, 3.63) is 83.6 Å². The average molecular weight is 353 g/mol. The third-order valence-corrected chi connectivity index (χ3v) is 5.21. The highest BCUT2D eigenvalue weighted by molar-refractivity contribution is 6.07. The van der Waals surface area contributed by atoms with Crippen LogP contribution in [0.2, 0.25) is 0 Å². The lowest BCUT2D eigenvalue weighted by atomic mass is 10.0. The van der Waals surface area contributed by atoms with Gasteiger partial charge >= 0.3 is 0 Å². The highest BCUT2D eigenvalue weighted by atomic mass is 15.1. The van der Waals surface area contributed by atoms with Gasteiger partial charge in [0.05, 0.1) is 10.8 Å². The molecule has 0 amide bonds. The second-order valence-electron chi connectivity index (χ2n) is 7.33. The van der Waals surface area contributed by atoms with Crippen molar-refractivity contribution in [2.45, 2.75) is 6.92 Å². The third-order valence-electron chi connectivity index (χ3n) is 5.21. The molecule has 4 rings (SSSR count). The van der Waals surface area contributed by atoms with Gasteiger partial charge < -0.3 is 4.90 Å². The van der Waals surface area contributed by atoms with E-state index in [0.29, 0.717) is 0 Å². The lowest BCUT2D eigenvalue weighted by Crippen LogP contribution is -2.33. The summed E-state index contributed by atoms with van der Waals surface area (Å²) in [7, 11) is 6.28. The molecule has 0 saturated carbocycles. The summed E-state index contributed by atoms with van der Waals surface area (Å²) >= 11 is 0. The van der Waals surface area contributed by atoms with Gasteiger partial charge in [0.2, 0.25) is 11.2 Å². The van der Waals surface area contributed by atoms with Crippen LogP contribution in [0.15, 0.2) is 66.7 Å². The first-order valence-corrected chi connectivity index (χ1v) is 9.31. The maximum Gasteiger partial charge on any atom is 0.213 e. The number of hydrogen-bond donors (Lipinski definition) is 0. The normalized spacial score (nSPS) is 11.6. The highest BCUT2D eigenvalue weighted by Crippen LogP contribution is 2.27. The molecule has 0 N–H and O–H groups in total. The van der Waals surface area contributed by atoms with Crippen molar-refractivity contribution in [1.82, 2.24) is 0 Å². The summed E-state index contributed by atoms with van der Waals surface area (Å²) < 4.78 is 2.30. The number of benzene rings is 3. The molecule has 3 aromatic carbocycles. The Bertz CT molecular complexity index is 1150. The maximum absolute atomic E-state index is 2.30. The van der Waals surface area contributed by atoms with E-state index < -0.39 is 0 Å². The van der Waals surface area contributed by atoms with E-state index in [2.05, 4.69) is 116 Å². The summed E-state index contributed by atoms with van der Waals surface area (Å²) in [6.45, 7) is 2.15. The van der Waals surface area contributed by atoms with Crippen molar-refractivity contribution in [3.8, 4) is 0 Å². The van der Waals surface area contributed by atoms with E-state index in [-0.39, 0.29) is 0 Å². The molecule has 0 fully saturated rings. The third kappa shape index (κ3) is 3.19. The lowest BCUT2D eigenvalue weighted by molar-refractivity contribution is -0.645. The fraction of sp³-hybridized carbons (Fsp3) is 0.160. The average Bonchev–Trinajstić information content (AvgIpc) is 2.68. The standard InChI is InChI=1S/C25H25N2/c1-18-9-15-23-21-7-5-6-8-22(21)24(27(4)25(23)17-18)16-12-19-10-13-20(14-11-19)26(2)3/h5-17H,1-4H3/q+1. The minimum absolute atomic E-state index is 1.20. The molecular weight excluding hydrogens is 328 g/mol. The second kappa shape index (κ2) is 6.88. The highest BCUT2D eigenvalue weighted by Gasteiger charge is 2.16. The second-order valence-corrected chi connectivity index (χ2v) is 7.33. The Labute approximate surface area is 161 Å². The summed E-state index contributed by atoms with van der Waals surface area (Å²) in [5.74, 6) is 0. The summed E-state index contributed by atoms with van der Waals surface area (Å²) in [5, 5.41) is 3.87. The van der Waals surface area contributed by atoms with Gasteiger partial charge in [-0.25, -0.2) is 0 Å². The van der Waals surface area contributed by atoms with Crippen LogP contribution in [0.5, 0.6) is 0 Å². The monoisotopic (exact) mass is 353 g/mol. The number of pyridine rings is 1. The topological polar surface area (TPSA) is 7.12 Å². The van der Waals surface area contributed by atoms with Crippen LogP contribution < -0.4 is 9.47 Å². The fourth-order valence-corrected chi connectivity index (χ4v) is 3.66. The van der Waals surface area contributed by atoms with Gasteiger partial charge in [-0.15, -0.1) is 0 Å². The quantitative estimate of drug-likeness (QED) is 0.355. The van der Waals surface area contributed by atoms with E-state index in [4.69, 9.17) is 0 Å². The number of aromatic nitrogens is 1. The Morgan fingerprint density at radius 3 is 2.19 bits per heavy atom. The Kier molecular flexibility index (Phi) is 4.41. The number of fused-ring (bicyclic) bond motifs is 3. The first-order chi connectivity index (χ1) is 13.0. The molecule has 0 aliphatic heterocycles. The zero-order chi connectivity index (χ0) is 19.0. The van der Waals surface area contributed by atoms with Gasteiger partial charge in [0.1, 0.15) is 7.05 Å². The van der Waals surface area contributed by atoms with Crippen LogP contribution >= 0.6 is 0 Å². The van der Waals surface area contributed by atoms with Crippen molar-refractivity contribution in [2.75, 3.05) is 19.0 Å². The summed E-state index contributed by atoms with van der Waals surface area (Å²) in [6, 6.07) is 24.0. The summed E-state index contributed by atoms with van der Waals surface area (Å²) in [6.07, 6.45) is 4.43. The van der Waals surface area contributed by atoms with Gasteiger partial charge in [-0.05, 0) is 48.4 Å². The van der Waals surface area contributed by atoms with Gasteiger partial charge in [-0.1, -0.05) is 36.4 Å². The van der Waals surface area contributed by atoms with Crippen molar-refractivity contribution < 1.29 is 4.57 Å². The van der Waals surface area contributed by atoms with E-state index in [1.54, 1.807) is 0 Å². The number of rotatable bonds is 3. The van der Waals surface area contributed by atoms with Crippen LogP contribution in [0.3, 0.4) is 0 Å². The van der Waals surface area contributed by atoms with Gasteiger partial charge in [-0.2, -0.15) is 4.57 Å². The van der Waals surface area contributed by atoms with E-state index in [9.17, 15) is 0 Å². The molecule has 1 aromatic heterocycles. The van der Waals surface area contributed by atoms with Crippen molar-refractivity contribution in [1.29, 1.82) is 0 Å². The first kappa shape index (κ1) is 17.3. The van der Waals surface area contributed by atoms with Crippen molar-refractivity contribution in [3.63, 3.8) is 0 Å². The van der Waals surface area contributed by atoms with Gasteiger partial charge in [0, 0.05) is 37.3 Å². The molecule has 0 unspecified atom stereocenters. The van der Waals surface area contributed by atoms with E-state index >= 15 is 0 Å². The van der Waals surface area contributed by atoms with Crippen LogP contribution in [-0.4, -0.2) is 14.1 Å². The Hall–Kier alpha value is -3.13. The van der Waals surface area contributed by atoms with Crippen LogP contribution in [0.4, 0.5) is 5.69 Å². The minimum Gasteiger partial charge on any atom is -0.378 e. The summed E-state index contributed by atoms with van der Waals surface area (Å²) in [4.78, 5) is 2.12. The van der Waals surface area contributed by atoms with Crippen molar-refractivity contribution in [2.24, 2.45) is 7.05 Å². The van der Waals surface area contributed by atoms with E-state index in [1.807, 2.05) is 0 Å². The molecule has 4 aromatic rings.